The molecule has 1 amide bonds. The summed E-state index contributed by atoms with van der Waals surface area (Å²) in [5, 5.41) is 12.9. The molecule has 1 atom stereocenters. The van der Waals surface area contributed by atoms with Crippen molar-refractivity contribution < 1.29 is 19.1 Å². The van der Waals surface area contributed by atoms with Gasteiger partial charge in [-0.2, -0.15) is 0 Å². The second-order valence-electron chi connectivity index (χ2n) is 8.99. The number of carboxylic acids is 1. The summed E-state index contributed by atoms with van der Waals surface area (Å²) in [5.41, 5.74) is 1.18. The number of carbonyl (C=O) groups is 2. The monoisotopic (exact) mass is 443 g/mol. The van der Waals surface area contributed by atoms with Crippen LogP contribution in [0.25, 0.3) is 0 Å². The SMILES string of the molecule is O=C(Nc1cccc(CC2(C(=O)O)CCC2)c1)[C@@H](c1ccc(Cl)cc1F)C1CCCC1. The van der Waals surface area contributed by atoms with E-state index in [4.69, 9.17) is 11.6 Å². The van der Waals surface area contributed by atoms with Crippen LogP contribution < -0.4 is 5.32 Å². The Morgan fingerprint density at radius 3 is 2.48 bits per heavy atom. The van der Waals surface area contributed by atoms with Crippen LogP contribution in [0.1, 0.15) is 62.0 Å². The number of nitrogens with one attached hydrogen (secondary N) is 1. The zero-order valence-electron chi connectivity index (χ0n) is 17.4. The maximum absolute atomic E-state index is 14.7. The summed E-state index contributed by atoms with van der Waals surface area (Å²) in [5.74, 6) is -1.94. The molecule has 4 rings (SSSR count). The lowest BCUT2D eigenvalue weighted by Crippen LogP contribution is -2.39. The van der Waals surface area contributed by atoms with E-state index in [-0.39, 0.29) is 11.8 Å². The third-order valence-electron chi connectivity index (χ3n) is 6.95. The second kappa shape index (κ2) is 8.99. The summed E-state index contributed by atoms with van der Waals surface area (Å²) >= 11 is 5.92. The van der Waals surface area contributed by atoms with Crippen LogP contribution in [-0.2, 0) is 16.0 Å². The molecule has 0 spiro atoms. The first-order valence-corrected chi connectivity index (χ1v) is 11.3. The first kappa shape index (κ1) is 21.8. The molecule has 4 nitrogen and oxygen atoms in total. The van der Waals surface area contributed by atoms with E-state index in [0.29, 0.717) is 35.5 Å². The molecule has 0 aliphatic heterocycles. The third kappa shape index (κ3) is 4.62. The first-order valence-electron chi connectivity index (χ1n) is 11.0. The molecule has 0 saturated heterocycles. The Kier molecular flexibility index (Phi) is 6.33. The fourth-order valence-corrected chi connectivity index (χ4v) is 5.25. The fourth-order valence-electron chi connectivity index (χ4n) is 5.09. The van der Waals surface area contributed by atoms with Crippen LogP contribution >= 0.6 is 11.6 Å². The molecule has 31 heavy (non-hydrogen) atoms. The van der Waals surface area contributed by atoms with Gasteiger partial charge in [0.2, 0.25) is 5.91 Å². The van der Waals surface area contributed by atoms with Gasteiger partial charge in [-0.1, -0.05) is 49.1 Å². The summed E-state index contributed by atoms with van der Waals surface area (Å²) < 4.78 is 14.7. The van der Waals surface area contributed by atoms with Crippen LogP contribution in [0.5, 0.6) is 0 Å². The summed E-state index contributed by atoms with van der Waals surface area (Å²) in [6, 6.07) is 11.9. The molecule has 0 bridgehead atoms. The average Bonchev–Trinajstić information content (AvgIpc) is 3.21. The summed E-state index contributed by atoms with van der Waals surface area (Å²) in [6.45, 7) is 0. The number of aliphatic carboxylic acids is 1. The van der Waals surface area contributed by atoms with E-state index < -0.39 is 23.1 Å². The van der Waals surface area contributed by atoms with Crippen LogP contribution in [-0.4, -0.2) is 17.0 Å². The Hall–Kier alpha value is -2.40. The summed E-state index contributed by atoms with van der Waals surface area (Å²) in [7, 11) is 0. The number of halogens is 2. The highest BCUT2D eigenvalue weighted by atomic mass is 35.5. The van der Waals surface area contributed by atoms with Gasteiger partial charge in [0.05, 0.1) is 11.3 Å². The van der Waals surface area contributed by atoms with Gasteiger partial charge >= 0.3 is 5.97 Å². The number of carbonyl (C=O) groups excluding carboxylic acids is 1. The molecule has 6 heteroatoms. The zero-order chi connectivity index (χ0) is 22.0. The van der Waals surface area contributed by atoms with Gasteiger partial charge in [-0.05, 0) is 67.9 Å². The van der Waals surface area contributed by atoms with Gasteiger partial charge in [-0.15, -0.1) is 0 Å². The summed E-state index contributed by atoms with van der Waals surface area (Å²) in [6.07, 6.45) is 6.59. The molecule has 2 saturated carbocycles. The van der Waals surface area contributed by atoms with Crippen LogP contribution in [0.4, 0.5) is 10.1 Å². The molecule has 0 heterocycles. The predicted octanol–water partition coefficient (Wildman–Crippen LogP) is 6.19. The maximum Gasteiger partial charge on any atom is 0.309 e. The number of carboxylic acid groups (broad SMARTS) is 1. The minimum absolute atomic E-state index is 0.0871. The smallest absolute Gasteiger partial charge is 0.309 e. The van der Waals surface area contributed by atoms with Crippen LogP contribution in [0.3, 0.4) is 0 Å². The molecule has 2 aromatic carbocycles. The van der Waals surface area contributed by atoms with Gasteiger partial charge in [0.25, 0.3) is 0 Å². The van der Waals surface area contributed by atoms with Gasteiger partial charge in [0, 0.05) is 16.3 Å². The Balaban J connectivity index is 1.55. The van der Waals surface area contributed by atoms with Gasteiger partial charge < -0.3 is 10.4 Å². The lowest BCUT2D eigenvalue weighted by atomic mass is 9.65. The minimum Gasteiger partial charge on any atom is -0.481 e. The normalized spacial score (nSPS) is 18.9. The highest BCUT2D eigenvalue weighted by molar-refractivity contribution is 6.30. The molecule has 0 radical (unpaired) electrons. The Morgan fingerprint density at radius 1 is 1.13 bits per heavy atom. The van der Waals surface area contributed by atoms with Crippen LogP contribution in [0.2, 0.25) is 5.02 Å². The molecule has 2 aliphatic carbocycles. The number of amides is 1. The lowest BCUT2D eigenvalue weighted by molar-refractivity contribution is -0.154. The lowest BCUT2D eigenvalue weighted by Gasteiger charge is -2.37. The summed E-state index contributed by atoms with van der Waals surface area (Å²) in [4.78, 5) is 25.0. The van der Waals surface area contributed by atoms with Crippen LogP contribution in [0, 0.1) is 17.2 Å². The highest BCUT2D eigenvalue weighted by Gasteiger charge is 2.44. The van der Waals surface area contributed by atoms with E-state index in [0.717, 1.165) is 37.7 Å². The van der Waals surface area contributed by atoms with Crippen molar-refractivity contribution in [2.75, 3.05) is 5.32 Å². The predicted molar refractivity (Wildman–Crippen MR) is 119 cm³/mol. The van der Waals surface area contributed by atoms with Crippen molar-refractivity contribution in [1.82, 2.24) is 0 Å². The molecule has 2 aromatic rings. The van der Waals surface area contributed by atoms with E-state index in [9.17, 15) is 19.1 Å². The Bertz CT molecular complexity index is 982. The molecule has 2 N–H and O–H groups in total. The Labute approximate surface area is 186 Å². The van der Waals surface area contributed by atoms with Crippen molar-refractivity contribution in [2.24, 2.45) is 11.3 Å². The topological polar surface area (TPSA) is 66.4 Å². The number of rotatable bonds is 7. The number of hydrogen-bond acceptors (Lipinski definition) is 2. The highest BCUT2D eigenvalue weighted by Crippen LogP contribution is 2.44. The molecule has 2 fully saturated rings. The molecular weight excluding hydrogens is 417 g/mol. The van der Waals surface area contributed by atoms with Crippen molar-refractivity contribution in [1.29, 1.82) is 0 Å². The fraction of sp³-hybridized carbons (Fsp3) is 0.440. The van der Waals surface area contributed by atoms with Crippen molar-refractivity contribution >= 4 is 29.2 Å². The number of hydrogen-bond donors (Lipinski definition) is 2. The van der Waals surface area contributed by atoms with Crippen LogP contribution in [0.15, 0.2) is 42.5 Å². The number of anilines is 1. The van der Waals surface area contributed by atoms with E-state index in [1.165, 1.54) is 6.07 Å². The quantitative estimate of drug-likeness (QED) is 0.536. The first-order chi connectivity index (χ1) is 14.9. The van der Waals surface area contributed by atoms with Crippen molar-refractivity contribution in [3.05, 3.63) is 64.4 Å². The van der Waals surface area contributed by atoms with Gasteiger partial charge in [-0.3, -0.25) is 9.59 Å². The molecule has 0 unspecified atom stereocenters. The second-order valence-corrected chi connectivity index (χ2v) is 9.43. The standard InChI is InChI=1S/C25H27ClFNO3/c26-18-9-10-20(21(27)14-18)22(17-6-1-2-7-17)23(29)28-19-8-3-5-16(13-19)15-25(24(30)31)11-4-12-25/h3,5,8-10,13-14,17,22H,1-2,4,6-7,11-12,15H2,(H,28,29)(H,30,31)/t22-/m1/s1. The van der Waals surface area contributed by atoms with E-state index in [1.54, 1.807) is 18.2 Å². The van der Waals surface area contributed by atoms with Crippen molar-refractivity contribution in [3.63, 3.8) is 0 Å². The van der Waals surface area contributed by atoms with E-state index >= 15 is 0 Å². The van der Waals surface area contributed by atoms with Crippen molar-refractivity contribution in [2.45, 2.75) is 57.3 Å². The largest absolute Gasteiger partial charge is 0.481 e. The van der Waals surface area contributed by atoms with Crippen molar-refractivity contribution in [3.8, 4) is 0 Å². The maximum atomic E-state index is 14.7. The average molecular weight is 444 g/mol. The van der Waals surface area contributed by atoms with Gasteiger partial charge in [0.1, 0.15) is 5.82 Å². The van der Waals surface area contributed by atoms with Gasteiger partial charge in [-0.25, -0.2) is 4.39 Å². The third-order valence-corrected chi connectivity index (χ3v) is 7.19. The number of benzene rings is 2. The molecule has 0 aromatic heterocycles. The Morgan fingerprint density at radius 2 is 1.87 bits per heavy atom. The van der Waals surface area contributed by atoms with E-state index in [1.807, 2.05) is 18.2 Å². The molecule has 2 aliphatic rings. The minimum atomic E-state index is -0.757. The zero-order valence-corrected chi connectivity index (χ0v) is 18.1. The molecular formula is C25H27ClFNO3. The molecule has 164 valence electrons. The van der Waals surface area contributed by atoms with Gasteiger partial charge in [0.15, 0.2) is 0 Å². The van der Waals surface area contributed by atoms with E-state index in [2.05, 4.69) is 5.32 Å².